The van der Waals surface area contributed by atoms with E-state index in [2.05, 4.69) is 4.98 Å². The van der Waals surface area contributed by atoms with Gasteiger partial charge in [-0.1, -0.05) is 12.1 Å². The third kappa shape index (κ3) is 1.40. The molecule has 1 aromatic carbocycles. The van der Waals surface area contributed by atoms with Crippen molar-refractivity contribution >= 4 is 22.4 Å². The van der Waals surface area contributed by atoms with E-state index in [0.717, 1.165) is 0 Å². The van der Waals surface area contributed by atoms with Gasteiger partial charge in [-0.3, -0.25) is 19.3 Å². The SMILES string of the molecule is Cc1c(C)c(=O)n2c([nH]c3ccccc32)c1[N+](=O)[O-]. The first kappa shape index (κ1) is 11.5. The highest BCUT2D eigenvalue weighted by Gasteiger charge is 2.23. The number of fused-ring (bicyclic) bond motifs is 3. The second-order valence-electron chi connectivity index (χ2n) is 4.49. The Morgan fingerprint density at radius 1 is 1.21 bits per heavy atom. The van der Waals surface area contributed by atoms with Gasteiger partial charge in [0.15, 0.2) is 5.65 Å². The first-order valence-corrected chi connectivity index (χ1v) is 5.79. The zero-order valence-electron chi connectivity index (χ0n) is 10.4. The molecule has 2 heterocycles. The summed E-state index contributed by atoms with van der Waals surface area (Å²) < 4.78 is 1.37. The van der Waals surface area contributed by atoms with Gasteiger partial charge in [-0.25, -0.2) is 0 Å². The van der Waals surface area contributed by atoms with Gasteiger partial charge in [-0.2, -0.15) is 0 Å². The molecule has 0 unspecified atom stereocenters. The molecule has 0 saturated heterocycles. The van der Waals surface area contributed by atoms with Crippen LogP contribution >= 0.6 is 0 Å². The molecule has 96 valence electrons. The number of nitrogens with zero attached hydrogens (tertiary/aromatic N) is 2. The monoisotopic (exact) mass is 257 g/mol. The van der Waals surface area contributed by atoms with Crippen molar-refractivity contribution < 1.29 is 4.92 Å². The maximum atomic E-state index is 12.3. The predicted octanol–water partition coefficient (Wildman–Crippen LogP) is 2.31. The van der Waals surface area contributed by atoms with Gasteiger partial charge in [-0.05, 0) is 26.0 Å². The second kappa shape index (κ2) is 3.68. The van der Waals surface area contributed by atoms with Crippen molar-refractivity contribution in [3.8, 4) is 0 Å². The lowest BCUT2D eigenvalue weighted by molar-refractivity contribution is -0.384. The molecule has 6 heteroatoms. The molecule has 3 rings (SSSR count). The Hall–Kier alpha value is -2.63. The molecule has 0 aliphatic carbocycles. The number of imidazole rings is 1. The average Bonchev–Trinajstić information content (AvgIpc) is 2.74. The molecular weight excluding hydrogens is 246 g/mol. The van der Waals surface area contributed by atoms with Gasteiger partial charge in [0.05, 0.1) is 16.0 Å². The van der Waals surface area contributed by atoms with Crippen LogP contribution in [0.4, 0.5) is 5.69 Å². The first-order valence-electron chi connectivity index (χ1n) is 5.79. The molecule has 0 bridgehead atoms. The molecule has 3 aromatic rings. The molecule has 19 heavy (non-hydrogen) atoms. The lowest BCUT2D eigenvalue weighted by Crippen LogP contribution is -2.18. The number of aromatic nitrogens is 2. The van der Waals surface area contributed by atoms with Crippen LogP contribution in [0.1, 0.15) is 11.1 Å². The van der Waals surface area contributed by atoms with Crippen LogP contribution in [0.15, 0.2) is 29.1 Å². The van der Waals surface area contributed by atoms with Crippen LogP contribution in [-0.4, -0.2) is 14.3 Å². The molecule has 0 aliphatic heterocycles. The van der Waals surface area contributed by atoms with E-state index in [-0.39, 0.29) is 16.9 Å². The van der Waals surface area contributed by atoms with E-state index in [0.29, 0.717) is 22.2 Å². The highest BCUT2D eigenvalue weighted by molar-refractivity contribution is 5.84. The van der Waals surface area contributed by atoms with Crippen LogP contribution in [0.5, 0.6) is 0 Å². The minimum absolute atomic E-state index is 0.0479. The van der Waals surface area contributed by atoms with Crippen molar-refractivity contribution in [1.29, 1.82) is 0 Å². The lowest BCUT2D eigenvalue weighted by Gasteiger charge is -2.03. The van der Waals surface area contributed by atoms with E-state index in [9.17, 15) is 14.9 Å². The van der Waals surface area contributed by atoms with Crippen LogP contribution in [0.2, 0.25) is 0 Å². The zero-order valence-corrected chi connectivity index (χ0v) is 10.4. The van der Waals surface area contributed by atoms with Crippen molar-refractivity contribution in [1.82, 2.24) is 9.38 Å². The normalized spacial score (nSPS) is 11.3. The minimum Gasteiger partial charge on any atom is -0.334 e. The van der Waals surface area contributed by atoms with Gasteiger partial charge in [0.25, 0.3) is 5.56 Å². The zero-order chi connectivity index (χ0) is 13.7. The average molecular weight is 257 g/mol. The van der Waals surface area contributed by atoms with Crippen LogP contribution in [0, 0.1) is 24.0 Å². The van der Waals surface area contributed by atoms with Crippen LogP contribution in [0.25, 0.3) is 16.7 Å². The summed E-state index contributed by atoms with van der Waals surface area (Å²) in [5.74, 6) is 0. The maximum Gasteiger partial charge on any atom is 0.313 e. The molecule has 1 N–H and O–H groups in total. The predicted molar refractivity (Wildman–Crippen MR) is 71.7 cm³/mol. The van der Waals surface area contributed by atoms with Gasteiger partial charge in [0.1, 0.15) is 0 Å². The number of hydrogen-bond acceptors (Lipinski definition) is 3. The standard InChI is InChI=1S/C13H11N3O3/c1-7-8(2)13(17)15-10-6-4-3-5-9(10)14-12(15)11(7)16(18)19/h3-6,14H,1-2H3. The van der Waals surface area contributed by atoms with Crippen molar-refractivity contribution in [2.24, 2.45) is 0 Å². The van der Waals surface area contributed by atoms with Crippen molar-refractivity contribution in [3.05, 3.63) is 55.9 Å². The second-order valence-corrected chi connectivity index (χ2v) is 4.49. The van der Waals surface area contributed by atoms with E-state index in [1.807, 2.05) is 6.07 Å². The fourth-order valence-corrected chi connectivity index (χ4v) is 2.36. The summed E-state index contributed by atoms with van der Waals surface area (Å²) in [6.45, 7) is 3.21. The first-order chi connectivity index (χ1) is 9.02. The molecule has 0 fully saturated rings. The maximum absolute atomic E-state index is 12.3. The fourth-order valence-electron chi connectivity index (χ4n) is 2.36. The quantitative estimate of drug-likeness (QED) is 0.536. The molecule has 0 aliphatic rings. The number of benzene rings is 1. The Morgan fingerprint density at radius 3 is 2.58 bits per heavy atom. The Bertz CT molecular complexity index is 889. The highest BCUT2D eigenvalue weighted by Crippen LogP contribution is 2.27. The molecule has 0 amide bonds. The van der Waals surface area contributed by atoms with Gasteiger partial charge < -0.3 is 4.98 Å². The number of nitro groups is 1. The van der Waals surface area contributed by atoms with Gasteiger partial charge in [0, 0.05) is 11.1 Å². The van der Waals surface area contributed by atoms with E-state index in [1.165, 1.54) is 4.40 Å². The number of hydrogen-bond donors (Lipinski definition) is 1. The number of H-pyrrole nitrogens is 1. The molecular formula is C13H11N3O3. The summed E-state index contributed by atoms with van der Waals surface area (Å²) in [7, 11) is 0. The molecule has 2 aromatic heterocycles. The smallest absolute Gasteiger partial charge is 0.313 e. The lowest BCUT2D eigenvalue weighted by atomic mass is 10.1. The van der Waals surface area contributed by atoms with Crippen molar-refractivity contribution in [2.75, 3.05) is 0 Å². The Labute approximate surface area is 107 Å². The summed E-state index contributed by atoms with van der Waals surface area (Å²) in [4.78, 5) is 26.1. The van der Waals surface area contributed by atoms with Crippen LogP contribution in [-0.2, 0) is 0 Å². The van der Waals surface area contributed by atoms with Crippen LogP contribution in [0.3, 0.4) is 0 Å². The minimum atomic E-state index is -0.452. The molecule has 0 saturated carbocycles. The summed E-state index contributed by atoms with van der Waals surface area (Å²) >= 11 is 0. The molecule has 0 spiro atoms. The van der Waals surface area contributed by atoms with Gasteiger partial charge in [-0.15, -0.1) is 0 Å². The number of para-hydroxylation sites is 2. The Morgan fingerprint density at radius 2 is 1.89 bits per heavy atom. The molecule has 0 atom stereocenters. The topological polar surface area (TPSA) is 80.4 Å². The number of nitrogens with one attached hydrogen (secondary N) is 1. The Balaban J connectivity index is 2.70. The van der Waals surface area contributed by atoms with Crippen molar-refractivity contribution in [2.45, 2.75) is 13.8 Å². The van der Waals surface area contributed by atoms with E-state index >= 15 is 0 Å². The largest absolute Gasteiger partial charge is 0.334 e. The third-order valence-electron chi connectivity index (χ3n) is 3.47. The number of pyridine rings is 1. The fraction of sp³-hybridized carbons (Fsp3) is 0.154. The summed E-state index contributed by atoms with van der Waals surface area (Å²) in [6, 6.07) is 7.16. The highest BCUT2D eigenvalue weighted by atomic mass is 16.6. The van der Waals surface area contributed by atoms with Gasteiger partial charge in [0.2, 0.25) is 0 Å². The summed E-state index contributed by atoms with van der Waals surface area (Å²) in [5.41, 5.74) is 2.11. The van der Waals surface area contributed by atoms with Crippen molar-refractivity contribution in [3.63, 3.8) is 0 Å². The van der Waals surface area contributed by atoms with E-state index in [4.69, 9.17) is 0 Å². The number of rotatable bonds is 1. The molecule has 0 radical (unpaired) electrons. The van der Waals surface area contributed by atoms with E-state index < -0.39 is 4.92 Å². The summed E-state index contributed by atoms with van der Waals surface area (Å²) in [6.07, 6.45) is 0. The number of aromatic amines is 1. The van der Waals surface area contributed by atoms with E-state index in [1.54, 1.807) is 32.0 Å². The Kier molecular flexibility index (Phi) is 2.22. The molecule has 6 nitrogen and oxygen atoms in total. The van der Waals surface area contributed by atoms with Gasteiger partial charge >= 0.3 is 5.69 Å². The summed E-state index contributed by atoms with van der Waals surface area (Å²) in [5, 5.41) is 11.2. The third-order valence-corrected chi connectivity index (χ3v) is 3.47. The van der Waals surface area contributed by atoms with Crippen LogP contribution < -0.4 is 5.56 Å².